The fourth-order valence-electron chi connectivity index (χ4n) is 3.89. The molecule has 1 amide bonds. The molecule has 3 rings (SSSR count). The highest BCUT2D eigenvalue weighted by atomic mass is 79.9. The maximum Gasteiger partial charge on any atom is 0.258 e. The minimum atomic E-state index is -0.251. The Morgan fingerprint density at radius 2 is 1.90 bits per heavy atom. The molecule has 0 saturated carbocycles. The summed E-state index contributed by atoms with van der Waals surface area (Å²) in [5.74, 6) is 1.39. The largest absolute Gasteiger partial charge is 0.487 e. The fraction of sp³-hybridized carbons (Fsp3) is 0.480. The van der Waals surface area contributed by atoms with Crippen LogP contribution in [0.5, 0.6) is 11.5 Å². The maximum atomic E-state index is 12.7. The van der Waals surface area contributed by atoms with E-state index in [2.05, 4.69) is 61.9 Å². The zero-order chi connectivity index (χ0) is 21.9. The lowest BCUT2D eigenvalue weighted by atomic mass is 9.83. The molecule has 0 bridgehead atoms. The van der Waals surface area contributed by atoms with Gasteiger partial charge < -0.3 is 14.8 Å². The molecule has 0 aromatic heterocycles. The molecule has 0 spiro atoms. The van der Waals surface area contributed by atoms with Crippen LogP contribution in [0.2, 0.25) is 0 Å². The van der Waals surface area contributed by atoms with Crippen LogP contribution in [0.15, 0.2) is 46.9 Å². The lowest BCUT2D eigenvalue weighted by Gasteiger charge is -2.41. The van der Waals surface area contributed by atoms with Gasteiger partial charge in [0.2, 0.25) is 0 Å². The molecule has 0 radical (unpaired) electrons. The number of carbonyl (C=O) groups is 1. The van der Waals surface area contributed by atoms with Gasteiger partial charge in [0.05, 0.1) is 10.5 Å². The number of nitrogens with one attached hydrogen (secondary N) is 1. The first-order valence-electron chi connectivity index (χ1n) is 10.7. The van der Waals surface area contributed by atoms with E-state index in [1.807, 2.05) is 36.4 Å². The van der Waals surface area contributed by atoms with Crippen molar-refractivity contribution < 1.29 is 14.3 Å². The van der Waals surface area contributed by atoms with Gasteiger partial charge in [-0.1, -0.05) is 58.9 Å². The summed E-state index contributed by atoms with van der Waals surface area (Å²) in [4.78, 5) is 12.7. The number of carbonyl (C=O) groups excluding carboxylic acids is 1. The minimum Gasteiger partial charge on any atom is -0.487 e. The number of para-hydroxylation sites is 1. The Morgan fingerprint density at radius 1 is 1.20 bits per heavy atom. The molecule has 2 aromatic rings. The average Bonchev–Trinajstić information content (AvgIpc) is 2.72. The monoisotopic (exact) mass is 473 g/mol. The summed E-state index contributed by atoms with van der Waals surface area (Å²) >= 11 is 3.57. The summed E-state index contributed by atoms with van der Waals surface area (Å²) in [5.41, 5.74) is 2.04. The molecule has 1 N–H and O–H groups in total. The van der Waals surface area contributed by atoms with Crippen molar-refractivity contribution in [1.82, 2.24) is 5.32 Å². The van der Waals surface area contributed by atoms with Crippen LogP contribution in [0.4, 0.5) is 0 Å². The minimum absolute atomic E-state index is 0.0295. The Kier molecular flexibility index (Phi) is 6.81. The fourth-order valence-corrected chi connectivity index (χ4v) is 4.39. The molecular weight excluding hydrogens is 442 g/mol. The molecule has 1 aliphatic heterocycles. The molecule has 0 aliphatic carbocycles. The van der Waals surface area contributed by atoms with Gasteiger partial charge in [-0.15, -0.1) is 0 Å². The molecule has 0 unspecified atom stereocenters. The van der Waals surface area contributed by atoms with Gasteiger partial charge in [-0.2, -0.15) is 0 Å². The van der Waals surface area contributed by atoms with E-state index >= 15 is 0 Å². The Labute approximate surface area is 188 Å². The lowest BCUT2D eigenvalue weighted by Crippen LogP contribution is -2.45. The maximum absolute atomic E-state index is 12.7. The number of ether oxygens (including phenoxy) is 2. The second kappa shape index (κ2) is 9.01. The first-order valence-corrected chi connectivity index (χ1v) is 11.5. The van der Waals surface area contributed by atoms with Crippen molar-refractivity contribution in [3.8, 4) is 11.5 Å². The van der Waals surface area contributed by atoms with Gasteiger partial charge in [0.25, 0.3) is 5.91 Å². The predicted octanol–water partition coefficient (Wildman–Crippen LogP) is 6.32. The van der Waals surface area contributed by atoms with Crippen molar-refractivity contribution in [2.75, 3.05) is 6.61 Å². The van der Waals surface area contributed by atoms with Gasteiger partial charge >= 0.3 is 0 Å². The van der Waals surface area contributed by atoms with E-state index in [1.165, 1.54) is 5.56 Å². The normalized spacial score (nSPS) is 17.6. The zero-order valence-corrected chi connectivity index (χ0v) is 20.1. The molecule has 2 aromatic carbocycles. The second-order valence-electron chi connectivity index (χ2n) is 9.04. The smallest absolute Gasteiger partial charge is 0.258 e. The van der Waals surface area contributed by atoms with E-state index in [4.69, 9.17) is 9.47 Å². The highest BCUT2D eigenvalue weighted by Gasteiger charge is 2.38. The number of hydrogen-bond donors (Lipinski definition) is 1. The van der Waals surface area contributed by atoms with Crippen LogP contribution >= 0.6 is 15.9 Å². The predicted molar refractivity (Wildman–Crippen MR) is 124 cm³/mol. The summed E-state index contributed by atoms with van der Waals surface area (Å²) in [6, 6.07) is 13.9. The topological polar surface area (TPSA) is 47.6 Å². The standard InChI is InChI=1S/C25H32BrNO3/c1-6-25(7-2)15-20(18-10-8-9-11-21(18)30-25)27-23(28)16-29-22-13-12-17(14-19(22)26)24(3,4)5/h8-14,20H,6-7,15-16H2,1-5H3,(H,27,28)/t20-/m0/s1. The van der Waals surface area contributed by atoms with Crippen LogP contribution in [-0.2, 0) is 10.2 Å². The molecule has 30 heavy (non-hydrogen) atoms. The molecule has 4 nitrogen and oxygen atoms in total. The molecule has 162 valence electrons. The van der Waals surface area contributed by atoms with Crippen molar-refractivity contribution in [2.24, 2.45) is 0 Å². The molecule has 0 fully saturated rings. The molecular formula is C25H32BrNO3. The highest BCUT2D eigenvalue weighted by molar-refractivity contribution is 9.10. The number of fused-ring (bicyclic) bond motifs is 1. The number of rotatable bonds is 6. The Morgan fingerprint density at radius 3 is 2.53 bits per heavy atom. The zero-order valence-electron chi connectivity index (χ0n) is 18.5. The Bertz CT molecular complexity index is 900. The summed E-state index contributed by atoms with van der Waals surface area (Å²) in [7, 11) is 0. The van der Waals surface area contributed by atoms with Gasteiger partial charge in [-0.05, 0) is 57.9 Å². The average molecular weight is 474 g/mol. The Hall–Kier alpha value is -2.01. The summed E-state index contributed by atoms with van der Waals surface area (Å²) < 4.78 is 13.0. The third-order valence-corrected chi connectivity index (χ3v) is 6.60. The number of halogens is 1. The van der Waals surface area contributed by atoms with Crippen LogP contribution in [0.1, 0.15) is 71.0 Å². The van der Waals surface area contributed by atoms with E-state index in [9.17, 15) is 4.79 Å². The molecule has 1 atom stereocenters. The van der Waals surface area contributed by atoms with Crippen LogP contribution in [-0.4, -0.2) is 18.1 Å². The molecule has 1 aliphatic rings. The van der Waals surface area contributed by atoms with Crippen LogP contribution < -0.4 is 14.8 Å². The quantitative estimate of drug-likeness (QED) is 0.533. The molecule has 1 heterocycles. The van der Waals surface area contributed by atoms with Crippen molar-refractivity contribution >= 4 is 21.8 Å². The van der Waals surface area contributed by atoms with Crippen molar-refractivity contribution in [2.45, 2.75) is 70.9 Å². The van der Waals surface area contributed by atoms with Gasteiger partial charge in [0, 0.05) is 12.0 Å². The second-order valence-corrected chi connectivity index (χ2v) is 9.89. The van der Waals surface area contributed by atoms with Gasteiger partial charge in [-0.3, -0.25) is 4.79 Å². The van der Waals surface area contributed by atoms with E-state index in [-0.39, 0.29) is 29.6 Å². The highest BCUT2D eigenvalue weighted by Crippen LogP contribution is 2.42. The third kappa shape index (κ3) is 5.00. The number of amides is 1. The summed E-state index contributed by atoms with van der Waals surface area (Å²) in [6.45, 7) is 10.7. The van der Waals surface area contributed by atoms with Gasteiger partial charge in [0.1, 0.15) is 17.1 Å². The van der Waals surface area contributed by atoms with E-state index in [1.54, 1.807) is 0 Å². The van der Waals surface area contributed by atoms with Crippen LogP contribution in [0, 0.1) is 0 Å². The van der Waals surface area contributed by atoms with Crippen molar-refractivity contribution in [3.63, 3.8) is 0 Å². The molecule has 5 heteroatoms. The molecule has 0 saturated heterocycles. The number of benzene rings is 2. The van der Waals surface area contributed by atoms with Crippen LogP contribution in [0.25, 0.3) is 0 Å². The van der Waals surface area contributed by atoms with E-state index in [0.717, 1.165) is 35.0 Å². The van der Waals surface area contributed by atoms with E-state index in [0.29, 0.717) is 5.75 Å². The SMILES string of the molecule is CCC1(CC)C[C@H](NC(=O)COc2ccc(C(C)(C)C)cc2Br)c2ccccc2O1. The van der Waals surface area contributed by atoms with E-state index < -0.39 is 0 Å². The first kappa shape index (κ1) is 22.7. The lowest BCUT2D eigenvalue weighted by molar-refractivity contribution is -0.124. The summed E-state index contributed by atoms with van der Waals surface area (Å²) in [6.07, 6.45) is 2.55. The number of hydrogen-bond acceptors (Lipinski definition) is 3. The van der Waals surface area contributed by atoms with Crippen molar-refractivity contribution in [3.05, 3.63) is 58.1 Å². The first-order chi connectivity index (χ1) is 14.2. The Balaban J connectivity index is 1.69. The third-order valence-electron chi connectivity index (χ3n) is 5.98. The van der Waals surface area contributed by atoms with Gasteiger partial charge in [0.15, 0.2) is 6.61 Å². The van der Waals surface area contributed by atoms with Gasteiger partial charge in [-0.25, -0.2) is 0 Å². The van der Waals surface area contributed by atoms with Crippen molar-refractivity contribution in [1.29, 1.82) is 0 Å². The summed E-state index contributed by atoms with van der Waals surface area (Å²) in [5, 5.41) is 3.16. The van der Waals surface area contributed by atoms with Crippen LogP contribution in [0.3, 0.4) is 0 Å².